The molecular weight excluding hydrogens is 376 g/mol. The van der Waals surface area contributed by atoms with Crippen LogP contribution in [0.1, 0.15) is 43.9 Å². The zero-order chi connectivity index (χ0) is 20.7. The van der Waals surface area contributed by atoms with Crippen LogP contribution in [-0.2, 0) is 14.3 Å². The Labute approximate surface area is 178 Å². The van der Waals surface area contributed by atoms with Gasteiger partial charge in [0, 0.05) is 5.75 Å². The van der Waals surface area contributed by atoms with Crippen molar-refractivity contribution in [3.8, 4) is 0 Å². The number of hydrogen-bond acceptors (Lipinski definition) is 3. The fraction of sp³-hybridized carbons (Fsp3) is 0.269. The van der Waals surface area contributed by atoms with Gasteiger partial charge in [-0.15, -0.1) is 11.8 Å². The lowest BCUT2D eigenvalue weighted by atomic mass is 9.84. The van der Waals surface area contributed by atoms with Gasteiger partial charge >= 0.3 is 5.97 Å². The van der Waals surface area contributed by atoms with E-state index in [-0.39, 0.29) is 5.97 Å². The van der Waals surface area contributed by atoms with Gasteiger partial charge in [-0.2, -0.15) is 0 Å². The number of ether oxygens (including phenoxy) is 1. The van der Waals surface area contributed by atoms with Gasteiger partial charge in [0.1, 0.15) is 5.60 Å². The van der Waals surface area contributed by atoms with E-state index in [1.807, 2.05) is 39.0 Å². The molecule has 0 saturated carbocycles. The molecule has 3 aromatic carbocycles. The van der Waals surface area contributed by atoms with Crippen molar-refractivity contribution < 1.29 is 9.53 Å². The van der Waals surface area contributed by atoms with Crippen molar-refractivity contribution in [2.75, 3.05) is 5.75 Å². The molecule has 150 valence electrons. The van der Waals surface area contributed by atoms with Crippen molar-refractivity contribution >= 4 is 17.7 Å². The zero-order valence-corrected chi connectivity index (χ0v) is 18.1. The van der Waals surface area contributed by atoms with Crippen LogP contribution in [0.15, 0.2) is 91.0 Å². The summed E-state index contributed by atoms with van der Waals surface area (Å²) in [4.78, 5) is 12.3. The molecule has 0 N–H and O–H groups in total. The minimum atomic E-state index is -0.461. The summed E-state index contributed by atoms with van der Waals surface area (Å²) in [6.45, 7) is 5.71. The van der Waals surface area contributed by atoms with Gasteiger partial charge in [0.2, 0.25) is 0 Å². The van der Waals surface area contributed by atoms with Crippen LogP contribution >= 0.6 is 11.8 Å². The molecule has 2 nitrogen and oxygen atoms in total. The molecule has 0 spiro atoms. The Hall–Kier alpha value is -2.52. The van der Waals surface area contributed by atoms with Crippen LogP contribution < -0.4 is 0 Å². The van der Waals surface area contributed by atoms with E-state index in [0.717, 1.165) is 0 Å². The highest BCUT2D eigenvalue weighted by atomic mass is 32.2. The molecule has 0 aromatic heterocycles. The first-order valence-electron chi connectivity index (χ1n) is 9.94. The van der Waals surface area contributed by atoms with Gasteiger partial charge in [0.25, 0.3) is 0 Å². The normalized spacial score (nSPS) is 11.8. The fourth-order valence-electron chi connectivity index (χ4n) is 3.45. The van der Waals surface area contributed by atoms with E-state index in [1.165, 1.54) is 16.7 Å². The molecule has 0 radical (unpaired) electrons. The molecule has 29 heavy (non-hydrogen) atoms. The predicted molar refractivity (Wildman–Crippen MR) is 122 cm³/mol. The molecule has 0 unspecified atom stereocenters. The van der Waals surface area contributed by atoms with E-state index in [9.17, 15) is 4.79 Å². The monoisotopic (exact) mass is 404 g/mol. The van der Waals surface area contributed by atoms with E-state index in [4.69, 9.17) is 4.74 Å². The molecule has 0 fully saturated rings. The molecule has 0 aliphatic heterocycles. The van der Waals surface area contributed by atoms with Crippen molar-refractivity contribution in [2.45, 2.75) is 37.5 Å². The van der Waals surface area contributed by atoms with Gasteiger partial charge in [0.15, 0.2) is 0 Å². The van der Waals surface area contributed by atoms with Crippen LogP contribution in [0, 0.1) is 0 Å². The maximum absolute atomic E-state index is 12.3. The first-order valence-corrected chi connectivity index (χ1v) is 10.9. The van der Waals surface area contributed by atoms with E-state index >= 15 is 0 Å². The average molecular weight is 405 g/mol. The quantitative estimate of drug-likeness (QED) is 0.335. The summed E-state index contributed by atoms with van der Waals surface area (Å²) in [5.74, 6) is 0.501. The number of carbonyl (C=O) groups excluding carboxylic acids is 1. The molecule has 3 aromatic rings. The van der Waals surface area contributed by atoms with Gasteiger partial charge in [0.05, 0.1) is 11.2 Å². The Kier molecular flexibility index (Phi) is 6.81. The second kappa shape index (κ2) is 9.32. The van der Waals surface area contributed by atoms with Crippen LogP contribution in [0.3, 0.4) is 0 Å². The molecular formula is C26H28O2S. The molecule has 0 aliphatic rings. The van der Waals surface area contributed by atoms with Gasteiger partial charge in [-0.05, 0) is 37.5 Å². The van der Waals surface area contributed by atoms with Crippen LogP contribution in [0.5, 0.6) is 0 Å². The maximum Gasteiger partial charge on any atom is 0.307 e. The van der Waals surface area contributed by atoms with E-state index < -0.39 is 10.3 Å². The Balaban J connectivity index is 2.00. The third kappa shape index (κ3) is 5.30. The van der Waals surface area contributed by atoms with E-state index in [1.54, 1.807) is 11.8 Å². The van der Waals surface area contributed by atoms with Gasteiger partial charge in [-0.1, -0.05) is 91.0 Å². The van der Waals surface area contributed by atoms with Crippen LogP contribution in [-0.4, -0.2) is 17.3 Å². The number of hydrogen-bond donors (Lipinski definition) is 0. The Bertz CT molecular complexity index is 803. The van der Waals surface area contributed by atoms with Crippen LogP contribution in [0.4, 0.5) is 0 Å². The molecule has 0 saturated heterocycles. The van der Waals surface area contributed by atoms with Crippen LogP contribution in [0.25, 0.3) is 0 Å². The molecule has 0 heterocycles. The third-order valence-electron chi connectivity index (χ3n) is 4.59. The van der Waals surface area contributed by atoms with Gasteiger partial charge < -0.3 is 4.74 Å². The van der Waals surface area contributed by atoms with E-state index in [2.05, 4.69) is 72.8 Å². The number of carbonyl (C=O) groups is 1. The summed E-state index contributed by atoms with van der Waals surface area (Å²) < 4.78 is 5.12. The molecule has 0 atom stereocenters. The van der Waals surface area contributed by atoms with Crippen molar-refractivity contribution in [2.24, 2.45) is 0 Å². The molecule has 3 heteroatoms. The van der Waals surface area contributed by atoms with Gasteiger partial charge in [-0.25, -0.2) is 0 Å². The highest BCUT2D eigenvalue weighted by molar-refractivity contribution is 8.00. The minimum absolute atomic E-state index is 0.159. The molecule has 0 aliphatic carbocycles. The average Bonchev–Trinajstić information content (AvgIpc) is 2.72. The molecule has 3 rings (SSSR count). The Morgan fingerprint density at radius 2 is 1.10 bits per heavy atom. The highest BCUT2D eigenvalue weighted by Gasteiger charge is 2.36. The number of thioether (sulfide) groups is 1. The smallest absolute Gasteiger partial charge is 0.307 e. The van der Waals surface area contributed by atoms with Crippen molar-refractivity contribution in [1.29, 1.82) is 0 Å². The first kappa shape index (κ1) is 21.2. The lowest BCUT2D eigenvalue weighted by Gasteiger charge is -2.35. The Morgan fingerprint density at radius 3 is 1.45 bits per heavy atom. The zero-order valence-electron chi connectivity index (χ0n) is 17.3. The lowest BCUT2D eigenvalue weighted by molar-refractivity contribution is -0.154. The summed E-state index contributed by atoms with van der Waals surface area (Å²) in [6, 6.07) is 31.6. The second-order valence-electron chi connectivity index (χ2n) is 7.96. The summed E-state index contributed by atoms with van der Waals surface area (Å²) in [6.07, 6.45) is 0.371. The number of esters is 1. The van der Waals surface area contributed by atoms with Crippen LogP contribution in [0.2, 0.25) is 0 Å². The lowest BCUT2D eigenvalue weighted by Crippen LogP contribution is -2.27. The highest BCUT2D eigenvalue weighted by Crippen LogP contribution is 2.48. The third-order valence-corrected chi connectivity index (χ3v) is 6.13. The topological polar surface area (TPSA) is 26.3 Å². The standard InChI is InChI=1S/C26H28O2S/c1-25(2,3)28-24(27)19-20-29-26(21-13-7-4-8-14-21,22-15-9-5-10-16-22)23-17-11-6-12-18-23/h4-18H,19-20H2,1-3H3. The minimum Gasteiger partial charge on any atom is -0.460 e. The van der Waals surface area contributed by atoms with E-state index in [0.29, 0.717) is 12.2 Å². The Morgan fingerprint density at radius 1 is 0.724 bits per heavy atom. The summed E-state index contributed by atoms with van der Waals surface area (Å²) in [7, 11) is 0. The summed E-state index contributed by atoms with van der Waals surface area (Å²) in [5.41, 5.74) is 3.14. The second-order valence-corrected chi connectivity index (χ2v) is 9.27. The molecule has 0 amide bonds. The number of rotatable bonds is 7. The SMILES string of the molecule is CC(C)(C)OC(=O)CCSC(c1ccccc1)(c1ccccc1)c1ccccc1. The predicted octanol–water partition coefficient (Wildman–Crippen LogP) is 6.44. The number of benzene rings is 3. The van der Waals surface area contributed by atoms with Crippen molar-refractivity contribution in [3.63, 3.8) is 0 Å². The first-order chi connectivity index (χ1) is 13.9. The summed E-state index contributed by atoms with van der Waals surface area (Å²) in [5, 5.41) is 0. The maximum atomic E-state index is 12.3. The van der Waals surface area contributed by atoms with Crippen molar-refractivity contribution in [1.82, 2.24) is 0 Å². The fourth-order valence-corrected chi connectivity index (χ4v) is 4.93. The summed E-state index contributed by atoms with van der Waals surface area (Å²) >= 11 is 1.78. The largest absolute Gasteiger partial charge is 0.460 e. The van der Waals surface area contributed by atoms with Gasteiger partial charge in [-0.3, -0.25) is 4.79 Å². The molecule has 0 bridgehead atoms. The van der Waals surface area contributed by atoms with Crippen molar-refractivity contribution in [3.05, 3.63) is 108 Å².